The smallest absolute Gasteiger partial charge is 0.242 e. The van der Waals surface area contributed by atoms with E-state index in [0.717, 1.165) is 53.2 Å². The standard InChI is InChI=1S/C27H41N5O5S.C17H25N3O2S.C10H19N3O3/c1-5-25(33)31-22(27(35)28-6-2)16-17-26(34)29-18-8-7-9-19-30-38(36,37)24-15-11-12-20-21(24)13-10-14-23(20)32(3)4;1-20(2)16-10-6-9-15-14(16)8-7-11-17(15)23(21,22)19-13-5-3-4-12-18;1-3-9(15)13-7(5-6-8(11)14)10(16)12-4-2/h10-15,22,30H,5-9,16-19H2,1-4H3,(H,28,35)(H,29,34)(H,31,33);6-11,19H,3-5,12-13,18H2,1-2H3;7H,3-6H2,1-2H3,(H2,11,14)(H,12,16)(H,13,15). The fourth-order valence-corrected chi connectivity index (χ4v) is 10.4. The number of benzene rings is 4. The SMILES string of the molecule is CCNC(=O)C(CCC(=O)NCCCCCNS(=O)(=O)c1cccc2c(N(C)C)cccc12)NC(=O)CC.CCNC(=O)C(CCC(N)=O)NC(=O)CC.CN(C)c1cccc2c(S(=O)(=O)NCCCCCN)cccc12. The van der Waals surface area contributed by atoms with Crippen molar-refractivity contribution in [3.63, 3.8) is 0 Å². The van der Waals surface area contributed by atoms with Gasteiger partial charge in [-0.1, -0.05) is 75.2 Å². The van der Waals surface area contributed by atoms with Crippen molar-refractivity contribution in [2.45, 2.75) is 127 Å². The van der Waals surface area contributed by atoms with Gasteiger partial charge in [0.05, 0.1) is 9.79 Å². The predicted molar refractivity (Wildman–Crippen MR) is 306 cm³/mol. The zero-order valence-corrected chi connectivity index (χ0v) is 47.9. The maximum Gasteiger partial charge on any atom is 0.242 e. The van der Waals surface area contributed by atoms with E-state index in [1.807, 2.05) is 86.5 Å². The van der Waals surface area contributed by atoms with Crippen LogP contribution in [0.15, 0.2) is 82.6 Å². The van der Waals surface area contributed by atoms with E-state index in [1.54, 1.807) is 52.0 Å². The lowest BCUT2D eigenvalue weighted by Crippen LogP contribution is -2.47. The lowest BCUT2D eigenvalue weighted by atomic mass is 10.1. The molecular weight excluding hydrogens is 1030 g/mol. The molecule has 0 fully saturated rings. The van der Waals surface area contributed by atoms with Gasteiger partial charge in [0.25, 0.3) is 0 Å². The Bertz CT molecular complexity index is 2760. The minimum absolute atomic E-state index is 0.0752. The van der Waals surface area contributed by atoms with Gasteiger partial charge >= 0.3 is 0 Å². The van der Waals surface area contributed by atoms with E-state index in [4.69, 9.17) is 11.5 Å². The molecule has 77 heavy (non-hydrogen) atoms. The number of nitrogens with two attached hydrogens (primary N) is 2. The molecule has 11 N–H and O–H groups in total. The zero-order valence-electron chi connectivity index (χ0n) is 46.3. The fourth-order valence-electron chi connectivity index (χ4n) is 7.82. The Labute approximate surface area is 456 Å². The highest BCUT2D eigenvalue weighted by Crippen LogP contribution is 2.31. The molecule has 428 valence electrons. The quantitative estimate of drug-likeness (QED) is 0.0324. The first-order chi connectivity index (χ1) is 36.6. The average molecular weight is 1110 g/mol. The first-order valence-corrected chi connectivity index (χ1v) is 29.3. The molecule has 4 aromatic rings. The van der Waals surface area contributed by atoms with E-state index >= 15 is 0 Å². The summed E-state index contributed by atoms with van der Waals surface area (Å²) in [6.45, 7) is 9.72. The number of hydrogen-bond acceptors (Lipinski definition) is 13. The summed E-state index contributed by atoms with van der Waals surface area (Å²) >= 11 is 0. The number of carbonyl (C=O) groups is 6. The zero-order chi connectivity index (χ0) is 57.6. The number of sulfonamides is 2. The monoisotopic (exact) mass is 1110 g/mol. The second kappa shape index (κ2) is 35.1. The lowest BCUT2D eigenvalue weighted by Gasteiger charge is -2.17. The van der Waals surface area contributed by atoms with Crippen molar-refractivity contribution in [1.29, 1.82) is 0 Å². The molecule has 0 radical (unpaired) electrons. The molecule has 0 bridgehead atoms. The molecule has 23 heteroatoms. The van der Waals surface area contributed by atoms with Crippen LogP contribution in [-0.4, -0.2) is 132 Å². The molecule has 0 heterocycles. The van der Waals surface area contributed by atoms with E-state index in [1.165, 1.54) is 0 Å². The molecule has 0 spiro atoms. The minimum atomic E-state index is -3.67. The summed E-state index contributed by atoms with van der Waals surface area (Å²) in [6, 6.07) is 20.6. The first-order valence-electron chi connectivity index (χ1n) is 26.3. The van der Waals surface area contributed by atoms with Crippen LogP contribution in [0.5, 0.6) is 0 Å². The second-order valence-corrected chi connectivity index (χ2v) is 21.9. The van der Waals surface area contributed by atoms with Gasteiger partial charge in [-0.25, -0.2) is 26.3 Å². The summed E-state index contributed by atoms with van der Waals surface area (Å²) in [4.78, 5) is 73.8. The Morgan fingerprint density at radius 3 is 1.27 bits per heavy atom. The van der Waals surface area contributed by atoms with Crippen molar-refractivity contribution in [2.75, 3.05) is 77.3 Å². The number of nitrogens with one attached hydrogen (secondary N) is 7. The summed E-state index contributed by atoms with van der Waals surface area (Å²) in [5.41, 5.74) is 12.4. The Kier molecular flexibility index (Phi) is 30.4. The van der Waals surface area contributed by atoms with E-state index in [9.17, 15) is 45.6 Å². The maximum atomic E-state index is 13.0. The molecule has 2 atom stereocenters. The number of hydrogen-bond donors (Lipinski definition) is 9. The molecule has 0 saturated carbocycles. The largest absolute Gasteiger partial charge is 0.377 e. The van der Waals surface area contributed by atoms with Crippen LogP contribution >= 0.6 is 0 Å². The van der Waals surface area contributed by atoms with Crippen molar-refractivity contribution >= 4 is 88.4 Å². The molecule has 21 nitrogen and oxygen atoms in total. The van der Waals surface area contributed by atoms with Gasteiger partial charge in [-0.05, 0) is 83.2 Å². The highest BCUT2D eigenvalue weighted by molar-refractivity contribution is 7.90. The number of rotatable bonds is 31. The molecule has 0 aliphatic heterocycles. The normalized spacial score (nSPS) is 11.9. The first kappa shape index (κ1) is 66.7. The van der Waals surface area contributed by atoms with Gasteiger partial charge < -0.3 is 47.9 Å². The minimum Gasteiger partial charge on any atom is -0.377 e. The number of amides is 6. The second-order valence-electron chi connectivity index (χ2n) is 18.4. The number of unbranched alkanes of at least 4 members (excludes halogenated alkanes) is 4. The third-order valence-electron chi connectivity index (χ3n) is 11.9. The van der Waals surface area contributed by atoms with Crippen molar-refractivity contribution in [3.05, 3.63) is 72.8 Å². The maximum absolute atomic E-state index is 13.0. The van der Waals surface area contributed by atoms with Gasteiger partial charge in [-0.15, -0.1) is 0 Å². The Morgan fingerprint density at radius 1 is 0.494 bits per heavy atom. The van der Waals surface area contributed by atoms with E-state index in [0.29, 0.717) is 68.8 Å². The third-order valence-corrected chi connectivity index (χ3v) is 14.9. The van der Waals surface area contributed by atoms with Crippen LogP contribution in [0.25, 0.3) is 21.5 Å². The number of anilines is 2. The molecular formula is C54H85N11O10S2. The van der Waals surface area contributed by atoms with E-state index in [-0.39, 0.29) is 66.5 Å². The van der Waals surface area contributed by atoms with Crippen molar-refractivity contribution in [3.8, 4) is 0 Å². The lowest BCUT2D eigenvalue weighted by molar-refractivity contribution is -0.129. The van der Waals surface area contributed by atoms with Gasteiger partial charge in [0.1, 0.15) is 12.1 Å². The summed E-state index contributed by atoms with van der Waals surface area (Å²) in [5.74, 6) is -1.73. The van der Waals surface area contributed by atoms with E-state index in [2.05, 4.69) is 36.0 Å². The third kappa shape index (κ3) is 23.4. The molecule has 0 saturated heterocycles. The van der Waals surface area contributed by atoms with Crippen LogP contribution in [0.1, 0.15) is 105 Å². The van der Waals surface area contributed by atoms with Crippen LogP contribution in [0.3, 0.4) is 0 Å². The molecule has 0 aromatic heterocycles. The number of primary amides is 1. The van der Waals surface area contributed by atoms with Gasteiger partial charge in [-0.2, -0.15) is 0 Å². The van der Waals surface area contributed by atoms with Crippen LogP contribution in [-0.2, 0) is 48.8 Å². The topological polar surface area (TPSA) is 313 Å². The summed E-state index contributed by atoms with van der Waals surface area (Å²) in [6.07, 6.45) is 5.90. The number of nitrogens with zero attached hydrogens (tertiary/aromatic N) is 2. The molecule has 4 rings (SSSR count). The molecule has 0 aliphatic carbocycles. The fraction of sp³-hybridized carbons (Fsp3) is 0.519. The van der Waals surface area contributed by atoms with E-state index < -0.39 is 38.0 Å². The highest BCUT2D eigenvalue weighted by atomic mass is 32.2. The number of carbonyl (C=O) groups excluding carboxylic acids is 6. The van der Waals surface area contributed by atoms with Crippen LogP contribution in [0, 0.1) is 0 Å². The van der Waals surface area contributed by atoms with Crippen molar-refractivity contribution in [2.24, 2.45) is 11.5 Å². The Hall–Kier alpha value is -6.40. The van der Waals surface area contributed by atoms with Gasteiger partial charge in [0.15, 0.2) is 0 Å². The molecule has 4 aromatic carbocycles. The number of likely N-dealkylation sites (N-methyl/N-ethyl adjacent to an activating group) is 2. The molecule has 6 amide bonds. The van der Waals surface area contributed by atoms with Gasteiger partial charge in [0.2, 0.25) is 55.5 Å². The summed E-state index contributed by atoms with van der Waals surface area (Å²) in [7, 11) is 0.556. The van der Waals surface area contributed by atoms with Gasteiger partial charge in [-0.3, -0.25) is 28.8 Å². The van der Waals surface area contributed by atoms with Gasteiger partial charge in [0, 0.05) is 120 Å². The average Bonchev–Trinajstić information content (AvgIpc) is 3.40. The van der Waals surface area contributed by atoms with Crippen molar-refractivity contribution in [1.82, 2.24) is 36.0 Å². The Balaban J connectivity index is 0.000000439. The van der Waals surface area contributed by atoms with Crippen LogP contribution in [0.2, 0.25) is 0 Å². The number of fused-ring (bicyclic) bond motifs is 2. The van der Waals surface area contributed by atoms with Crippen LogP contribution < -0.4 is 57.3 Å². The predicted octanol–water partition coefficient (Wildman–Crippen LogP) is 3.88. The Morgan fingerprint density at radius 2 is 0.883 bits per heavy atom. The molecule has 2 unspecified atom stereocenters. The highest BCUT2D eigenvalue weighted by Gasteiger charge is 2.23. The molecule has 0 aliphatic rings. The summed E-state index contributed by atoms with van der Waals surface area (Å²) < 4.78 is 56.5. The summed E-state index contributed by atoms with van der Waals surface area (Å²) in [5, 5.41) is 16.5. The van der Waals surface area contributed by atoms with Crippen LogP contribution in [0.4, 0.5) is 11.4 Å². The van der Waals surface area contributed by atoms with Crippen molar-refractivity contribution < 1.29 is 45.6 Å².